The van der Waals surface area contributed by atoms with Crippen LogP contribution in [0.3, 0.4) is 0 Å². The van der Waals surface area contributed by atoms with Gasteiger partial charge in [0.2, 0.25) is 0 Å². The number of fused-ring (bicyclic) bond motifs is 7. The van der Waals surface area contributed by atoms with Crippen LogP contribution in [0.25, 0.3) is 141 Å². The molecule has 566 valence electrons. The number of anilines is 6. The summed E-state index contributed by atoms with van der Waals surface area (Å²) < 4.78 is 78.3. The van der Waals surface area contributed by atoms with E-state index in [2.05, 4.69) is 145 Å². The SMILES string of the molecule is [2H]c1c([2H])c([2H])c2c(c1[2H])c1c([2H])c([2H])c([2H])c([2H])c1n2-c1ccc2c(c1)N(c1c(-c3nc(-c4ccccc4)nc(-c4ccccc4)n3)cccc1-c1nc(-c3ccccc3)nc(-c3ccccc3)n1)c1cc(C(C)(C)C)cc3c1B2c1ccc(-c2ccc(C(C)(C)C)cc2C(C)(C)C)cc1N3c1ccccc1-c1nc(-c2ccccc2)nc(-c2ccccc2)n1. The summed E-state index contributed by atoms with van der Waals surface area (Å²) in [5.74, 6) is 3.61. The van der Waals surface area contributed by atoms with Gasteiger partial charge in [-0.2, -0.15) is 0 Å². The maximum absolute atomic E-state index is 10.0. The molecule has 20 rings (SSSR count). The van der Waals surface area contributed by atoms with Crippen molar-refractivity contribution in [1.29, 1.82) is 0 Å². The van der Waals surface area contributed by atoms with Gasteiger partial charge in [-0.3, -0.25) is 0 Å². The largest absolute Gasteiger partial charge is 0.311 e. The predicted molar refractivity (Wildman–Crippen MR) is 485 cm³/mol. The Morgan fingerprint density at radius 2 is 0.644 bits per heavy atom. The van der Waals surface area contributed by atoms with E-state index in [1.54, 1.807) is 4.57 Å². The van der Waals surface area contributed by atoms with Crippen LogP contribution < -0.4 is 26.2 Å². The second-order valence-electron chi connectivity index (χ2n) is 33.2. The standard InChI is InChI=1S/C105H83BN12/c1-103(2,3)73-56-58-76(82(62-73)105(7,8)9)72-55-59-83-88(61-72)117(87-54-33-30-49-79(87)100-110-94(66-35-16-10-17-36-66)107-95(111-100)67-37-18-11-19-38-67)90-63-74(104(4,5)6)64-91-92(90)106(83)84-60-57-75(116-85-52-31-28-47-77(85)78-48-29-32-53-86(78)116)65-89(84)118(91)93-80(101-112-96(68-39-20-12-21-40-68)108-97(113-101)69-41-22-13-23-42-69)50-34-51-81(93)102-114-98(70-43-24-14-25-44-70)109-99(115-102)71-45-26-15-27-46-71/h10-65H,1-9H3/i28D,29D,31D,32D,47D,48D,52D,53D. The van der Waals surface area contributed by atoms with E-state index in [1.807, 2.05) is 218 Å². The van der Waals surface area contributed by atoms with Crippen molar-refractivity contribution in [3.05, 3.63) is 356 Å². The molecule has 0 spiro atoms. The summed E-state index contributed by atoms with van der Waals surface area (Å²) in [5.41, 5.74) is 17.6. The fourth-order valence-electron chi connectivity index (χ4n) is 16.6. The first kappa shape index (κ1) is 63.9. The van der Waals surface area contributed by atoms with E-state index in [0.29, 0.717) is 80.2 Å². The highest BCUT2D eigenvalue weighted by molar-refractivity contribution is 7.00. The first-order chi connectivity index (χ1) is 60.7. The van der Waals surface area contributed by atoms with Gasteiger partial charge in [-0.1, -0.05) is 335 Å². The molecule has 0 radical (unpaired) electrons. The molecule has 0 aliphatic carbocycles. The average Bonchev–Trinajstić information content (AvgIpc) is 1.06. The van der Waals surface area contributed by atoms with Crippen LogP contribution in [0.5, 0.6) is 0 Å². The summed E-state index contributed by atoms with van der Waals surface area (Å²) >= 11 is 0. The van der Waals surface area contributed by atoms with Gasteiger partial charge in [0.1, 0.15) is 0 Å². The summed E-state index contributed by atoms with van der Waals surface area (Å²) in [5, 5.41) is -0.118. The van der Waals surface area contributed by atoms with E-state index in [-0.39, 0.29) is 44.3 Å². The molecule has 12 nitrogen and oxygen atoms in total. The molecule has 18 aromatic rings. The number of aromatic nitrogens is 10. The first-order valence-corrected chi connectivity index (χ1v) is 39.8. The van der Waals surface area contributed by atoms with Gasteiger partial charge in [-0.15, -0.1) is 0 Å². The highest BCUT2D eigenvalue weighted by atomic mass is 15.2. The Labute approximate surface area is 699 Å². The molecular weight excluding hydrogens is 1440 g/mol. The van der Waals surface area contributed by atoms with Crippen molar-refractivity contribution in [2.45, 2.75) is 78.6 Å². The number of hydrogen-bond donors (Lipinski definition) is 0. The van der Waals surface area contributed by atoms with Gasteiger partial charge in [0, 0.05) is 89.3 Å². The second kappa shape index (κ2) is 28.8. The molecular formula is C105H83BN12. The normalized spacial score (nSPS) is 13.5. The van der Waals surface area contributed by atoms with E-state index in [0.717, 1.165) is 83.5 Å². The average molecular weight is 1530 g/mol. The molecule has 0 bridgehead atoms. The molecule has 6 heterocycles. The molecule has 2 aliphatic rings. The lowest BCUT2D eigenvalue weighted by molar-refractivity contribution is 0.570. The number of hydrogen-bond acceptors (Lipinski definition) is 11. The topological polar surface area (TPSA) is 127 Å². The van der Waals surface area contributed by atoms with Gasteiger partial charge >= 0.3 is 0 Å². The van der Waals surface area contributed by atoms with Crippen molar-refractivity contribution in [2.75, 3.05) is 9.80 Å². The molecule has 0 saturated heterocycles. The molecule has 0 atom stereocenters. The van der Waals surface area contributed by atoms with Crippen LogP contribution in [0.2, 0.25) is 0 Å². The summed E-state index contributed by atoms with van der Waals surface area (Å²) in [7, 11) is 0. The van der Waals surface area contributed by atoms with Gasteiger partial charge in [-0.25, -0.2) is 44.9 Å². The third-order valence-electron chi connectivity index (χ3n) is 22.4. The second-order valence-corrected chi connectivity index (χ2v) is 33.2. The van der Waals surface area contributed by atoms with Crippen LogP contribution in [0.4, 0.5) is 34.1 Å². The Morgan fingerprint density at radius 1 is 0.271 bits per heavy atom. The molecule has 14 aromatic carbocycles. The zero-order valence-corrected chi connectivity index (χ0v) is 66.7. The first-order valence-electron chi connectivity index (χ1n) is 43.8. The van der Waals surface area contributed by atoms with Crippen molar-refractivity contribution in [3.8, 4) is 119 Å². The van der Waals surface area contributed by atoms with Crippen LogP contribution >= 0.6 is 0 Å². The molecule has 118 heavy (non-hydrogen) atoms. The smallest absolute Gasteiger partial charge is 0.252 e. The minimum absolute atomic E-state index is 0.0387. The summed E-state index contributed by atoms with van der Waals surface area (Å²) in [6.07, 6.45) is 0. The van der Waals surface area contributed by atoms with E-state index in [1.165, 1.54) is 11.1 Å². The third kappa shape index (κ3) is 13.0. The molecule has 4 aromatic heterocycles. The summed E-state index contributed by atoms with van der Waals surface area (Å²) in [4.78, 5) is 53.9. The zero-order chi connectivity index (χ0) is 87.1. The van der Waals surface area contributed by atoms with Crippen LogP contribution in [0.1, 0.15) is 90.0 Å². The van der Waals surface area contributed by atoms with E-state index in [9.17, 15) is 11.0 Å². The molecule has 0 unspecified atom stereocenters. The maximum Gasteiger partial charge on any atom is 0.252 e. The van der Waals surface area contributed by atoms with E-state index in [4.69, 9.17) is 44.9 Å². The lowest BCUT2D eigenvalue weighted by atomic mass is 9.33. The lowest BCUT2D eigenvalue weighted by Crippen LogP contribution is -2.61. The van der Waals surface area contributed by atoms with E-state index < -0.39 is 60.5 Å². The van der Waals surface area contributed by atoms with Gasteiger partial charge in [-0.05, 0) is 127 Å². The van der Waals surface area contributed by atoms with Crippen molar-refractivity contribution in [2.24, 2.45) is 0 Å². The van der Waals surface area contributed by atoms with Gasteiger partial charge in [0.15, 0.2) is 52.4 Å². The maximum atomic E-state index is 10.0. The molecule has 0 fully saturated rings. The Balaban J connectivity index is 0.971. The monoisotopic (exact) mass is 1530 g/mol. The highest BCUT2D eigenvalue weighted by Gasteiger charge is 2.47. The third-order valence-corrected chi connectivity index (χ3v) is 22.4. The molecule has 0 N–H and O–H groups in total. The number of para-hydroxylation sites is 4. The van der Waals surface area contributed by atoms with Crippen molar-refractivity contribution >= 4 is 79.0 Å². The van der Waals surface area contributed by atoms with Gasteiger partial charge in [0.05, 0.1) is 33.4 Å². The predicted octanol–water partition coefficient (Wildman–Crippen LogP) is 24.0. The van der Waals surface area contributed by atoms with Crippen molar-refractivity contribution < 1.29 is 11.0 Å². The quantitative estimate of drug-likeness (QED) is 0.102. The van der Waals surface area contributed by atoms with Crippen LogP contribution in [-0.4, -0.2) is 56.1 Å². The summed E-state index contributed by atoms with van der Waals surface area (Å²) in [6.45, 7) is 19.6. The lowest BCUT2D eigenvalue weighted by Gasteiger charge is -2.46. The fourth-order valence-corrected chi connectivity index (χ4v) is 16.6. The van der Waals surface area contributed by atoms with E-state index >= 15 is 0 Å². The fraction of sp³-hybridized carbons (Fsp3) is 0.114. The Morgan fingerprint density at radius 3 is 1.08 bits per heavy atom. The Hall–Kier alpha value is -14.4. The van der Waals surface area contributed by atoms with Crippen molar-refractivity contribution in [1.82, 2.24) is 49.4 Å². The Bertz CT molecular complexity index is 7060. The van der Waals surface area contributed by atoms with Crippen LogP contribution in [-0.2, 0) is 16.2 Å². The molecule has 0 amide bonds. The number of nitrogens with zero attached hydrogens (tertiary/aromatic N) is 12. The zero-order valence-electron chi connectivity index (χ0n) is 74.7. The van der Waals surface area contributed by atoms with Gasteiger partial charge < -0.3 is 14.4 Å². The molecule has 2 aliphatic heterocycles. The minimum Gasteiger partial charge on any atom is -0.311 e. The molecule has 0 saturated carbocycles. The number of rotatable bonds is 13. The van der Waals surface area contributed by atoms with Crippen LogP contribution in [0.15, 0.2) is 340 Å². The van der Waals surface area contributed by atoms with Crippen LogP contribution in [0, 0.1) is 0 Å². The minimum atomic E-state index is -0.657. The van der Waals surface area contributed by atoms with Crippen molar-refractivity contribution in [3.63, 3.8) is 0 Å². The van der Waals surface area contributed by atoms with Gasteiger partial charge in [0.25, 0.3) is 6.71 Å². The number of benzene rings is 14. The molecule has 13 heteroatoms. The summed E-state index contributed by atoms with van der Waals surface area (Å²) in [6, 6.07) is 94.2. The Kier molecular flexibility index (Phi) is 15.6. The highest BCUT2D eigenvalue weighted by Crippen LogP contribution is 2.53.